The van der Waals surface area contributed by atoms with Crippen LogP contribution in [-0.2, 0) is 4.79 Å². The smallest absolute Gasteiger partial charge is 0.225 e. The Balaban J connectivity index is 3.47. The highest BCUT2D eigenvalue weighted by molar-refractivity contribution is 5.82. The van der Waals surface area contributed by atoms with Crippen molar-refractivity contribution in [2.24, 2.45) is 5.41 Å². The number of hydrogen-bond acceptors (Lipinski definition) is 1. The molecule has 0 aliphatic carbocycles. The number of amides is 1. The van der Waals surface area contributed by atoms with Gasteiger partial charge in [-0.15, -0.1) is 0 Å². The third-order valence-electron chi connectivity index (χ3n) is 6.07. The lowest BCUT2D eigenvalue weighted by Gasteiger charge is -2.29. The first-order valence-electron chi connectivity index (χ1n) is 11.4. The van der Waals surface area contributed by atoms with E-state index in [-0.39, 0.29) is 11.3 Å². The van der Waals surface area contributed by atoms with E-state index in [2.05, 4.69) is 26.1 Å². The van der Waals surface area contributed by atoms with Crippen LogP contribution in [-0.4, -0.2) is 13.0 Å². The van der Waals surface area contributed by atoms with Crippen LogP contribution in [0.25, 0.3) is 0 Å². The zero-order valence-electron chi connectivity index (χ0n) is 17.9. The third-order valence-corrected chi connectivity index (χ3v) is 6.07. The first-order chi connectivity index (χ1) is 12.2. The first-order valence-corrected chi connectivity index (χ1v) is 11.4. The van der Waals surface area contributed by atoms with Crippen molar-refractivity contribution in [3.63, 3.8) is 0 Å². The molecule has 25 heavy (non-hydrogen) atoms. The van der Waals surface area contributed by atoms with Crippen molar-refractivity contribution in [3.05, 3.63) is 0 Å². The highest BCUT2D eigenvalue weighted by Gasteiger charge is 2.33. The molecular formula is C23H47NO. The zero-order chi connectivity index (χ0) is 18.8. The summed E-state index contributed by atoms with van der Waals surface area (Å²) in [5.74, 6) is 0.243. The number of carbonyl (C=O) groups is 1. The maximum Gasteiger partial charge on any atom is 0.225 e. The topological polar surface area (TPSA) is 29.1 Å². The van der Waals surface area contributed by atoms with E-state index in [1.54, 1.807) is 7.05 Å². The SMILES string of the molecule is CCCCCCCCCCCCCCCCC(CC)(CC)C(=O)NC. The van der Waals surface area contributed by atoms with Crippen molar-refractivity contribution in [2.45, 2.75) is 130 Å². The monoisotopic (exact) mass is 353 g/mol. The molecule has 0 aromatic heterocycles. The van der Waals surface area contributed by atoms with Gasteiger partial charge in [-0.1, -0.05) is 111 Å². The number of hydrogen-bond donors (Lipinski definition) is 1. The lowest BCUT2D eigenvalue weighted by atomic mass is 9.77. The normalized spacial score (nSPS) is 11.7. The number of rotatable bonds is 18. The summed E-state index contributed by atoms with van der Waals surface area (Å²) in [4.78, 5) is 12.1. The van der Waals surface area contributed by atoms with Crippen LogP contribution in [0.1, 0.15) is 130 Å². The Bertz CT molecular complexity index is 296. The summed E-state index contributed by atoms with van der Waals surface area (Å²) < 4.78 is 0. The molecule has 0 rings (SSSR count). The summed E-state index contributed by atoms with van der Waals surface area (Å²) in [5, 5.41) is 2.87. The largest absolute Gasteiger partial charge is 0.359 e. The average molecular weight is 354 g/mol. The average Bonchev–Trinajstić information content (AvgIpc) is 2.65. The molecule has 0 heterocycles. The predicted octanol–water partition coefficient (Wildman–Crippen LogP) is 7.41. The van der Waals surface area contributed by atoms with Crippen molar-refractivity contribution in [2.75, 3.05) is 7.05 Å². The number of unbranched alkanes of at least 4 members (excludes halogenated alkanes) is 13. The van der Waals surface area contributed by atoms with Crippen LogP contribution >= 0.6 is 0 Å². The Morgan fingerprint density at radius 2 is 1.00 bits per heavy atom. The van der Waals surface area contributed by atoms with Gasteiger partial charge in [0.05, 0.1) is 0 Å². The van der Waals surface area contributed by atoms with E-state index in [1.165, 1.54) is 89.9 Å². The molecule has 2 heteroatoms. The van der Waals surface area contributed by atoms with E-state index in [9.17, 15) is 4.79 Å². The van der Waals surface area contributed by atoms with Crippen LogP contribution in [0.2, 0.25) is 0 Å². The Morgan fingerprint density at radius 1 is 0.640 bits per heavy atom. The second-order valence-corrected chi connectivity index (χ2v) is 7.91. The molecule has 0 atom stereocenters. The number of nitrogens with one attached hydrogen (secondary N) is 1. The molecule has 0 fully saturated rings. The van der Waals surface area contributed by atoms with Gasteiger partial charge in [0.15, 0.2) is 0 Å². The first kappa shape index (κ1) is 24.5. The van der Waals surface area contributed by atoms with Crippen molar-refractivity contribution in [1.82, 2.24) is 5.32 Å². The molecule has 0 radical (unpaired) electrons. The molecule has 0 saturated carbocycles. The summed E-state index contributed by atoms with van der Waals surface area (Å²) in [7, 11) is 1.77. The summed E-state index contributed by atoms with van der Waals surface area (Å²) in [6.07, 6.45) is 22.4. The molecular weight excluding hydrogens is 306 g/mol. The molecule has 0 spiro atoms. The third kappa shape index (κ3) is 11.7. The molecule has 0 aliphatic heterocycles. The summed E-state index contributed by atoms with van der Waals surface area (Å²) in [5.41, 5.74) is -0.119. The van der Waals surface area contributed by atoms with Gasteiger partial charge in [0.2, 0.25) is 5.91 Å². The minimum Gasteiger partial charge on any atom is -0.359 e. The lowest BCUT2D eigenvalue weighted by molar-refractivity contribution is -0.131. The Morgan fingerprint density at radius 3 is 1.32 bits per heavy atom. The molecule has 2 nitrogen and oxygen atoms in total. The van der Waals surface area contributed by atoms with Crippen LogP contribution in [0.5, 0.6) is 0 Å². The predicted molar refractivity (Wildman–Crippen MR) is 112 cm³/mol. The molecule has 150 valence electrons. The molecule has 0 unspecified atom stereocenters. The molecule has 0 aromatic rings. The van der Waals surface area contributed by atoms with Crippen LogP contribution < -0.4 is 5.32 Å². The molecule has 0 bridgehead atoms. The van der Waals surface area contributed by atoms with E-state index < -0.39 is 0 Å². The van der Waals surface area contributed by atoms with Crippen LogP contribution in [0.15, 0.2) is 0 Å². The Labute approximate surface area is 158 Å². The fraction of sp³-hybridized carbons (Fsp3) is 0.957. The maximum atomic E-state index is 12.1. The van der Waals surface area contributed by atoms with E-state index in [4.69, 9.17) is 0 Å². The van der Waals surface area contributed by atoms with Crippen LogP contribution in [0, 0.1) is 5.41 Å². The van der Waals surface area contributed by atoms with Crippen molar-refractivity contribution >= 4 is 5.91 Å². The van der Waals surface area contributed by atoms with Gasteiger partial charge in [-0.25, -0.2) is 0 Å². The lowest BCUT2D eigenvalue weighted by Crippen LogP contribution is -2.38. The quantitative estimate of drug-likeness (QED) is 0.255. The second kappa shape index (κ2) is 16.9. The van der Waals surface area contributed by atoms with E-state index in [0.29, 0.717) is 0 Å². The molecule has 1 amide bonds. The van der Waals surface area contributed by atoms with Gasteiger partial charge >= 0.3 is 0 Å². The zero-order valence-corrected chi connectivity index (χ0v) is 17.9. The minimum atomic E-state index is -0.119. The van der Waals surface area contributed by atoms with Gasteiger partial charge in [-0.05, 0) is 19.3 Å². The van der Waals surface area contributed by atoms with E-state index >= 15 is 0 Å². The Kier molecular flexibility index (Phi) is 16.6. The highest BCUT2D eigenvalue weighted by Crippen LogP contribution is 2.33. The molecule has 1 N–H and O–H groups in total. The molecule has 0 aliphatic rings. The van der Waals surface area contributed by atoms with Crippen LogP contribution in [0.3, 0.4) is 0 Å². The summed E-state index contributed by atoms with van der Waals surface area (Å²) in [6.45, 7) is 6.59. The Hall–Kier alpha value is -0.530. The van der Waals surface area contributed by atoms with Gasteiger partial charge in [0.25, 0.3) is 0 Å². The second-order valence-electron chi connectivity index (χ2n) is 7.91. The van der Waals surface area contributed by atoms with E-state index in [1.807, 2.05) is 0 Å². The van der Waals surface area contributed by atoms with Crippen molar-refractivity contribution in [3.8, 4) is 0 Å². The van der Waals surface area contributed by atoms with Gasteiger partial charge in [0.1, 0.15) is 0 Å². The number of carbonyl (C=O) groups excluding carboxylic acids is 1. The maximum absolute atomic E-state index is 12.1. The van der Waals surface area contributed by atoms with Gasteiger partial charge in [-0.2, -0.15) is 0 Å². The van der Waals surface area contributed by atoms with Gasteiger partial charge in [-0.3, -0.25) is 4.79 Å². The fourth-order valence-electron chi connectivity index (χ4n) is 3.96. The van der Waals surface area contributed by atoms with Gasteiger partial charge in [0, 0.05) is 12.5 Å². The van der Waals surface area contributed by atoms with Crippen molar-refractivity contribution < 1.29 is 4.79 Å². The highest BCUT2D eigenvalue weighted by atomic mass is 16.2. The van der Waals surface area contributed by atoms with Crippen molar-refractivity contribution in [1.29, 1.82) is 0 Å². The summed E-state index contributed by atoms with van der Waals surface area (Å²) in [6, 6.07) is 0. The molecule has 0 saturated heterocycles. The van der Waals surface area contributed by atoms with Gasteiger partial charge < -0.3 is 5.32 Å². The molecule has 0 aromatic carbocycles. The van der Waals surface area contributed by atoms with Crippen LogP contribution in [0.4, 0.5) is 0 Å². The standard InChI is InChI=1S/C23H47NO/c1-5-8-9-10-11-12-13-14-15-16-17-18-19-20-21-23(6-2,7-3)22(25)24-4/h5-21H2,1-4H3,(H,24,25). The summed E-state index contributed by atoms with van der Waals surface area (Å²) >= 11 is 0. The minimum absolute atomic E-state index is 0.119. The fourth-order valence-corrected chi connectivity index (χ4v) is 3.96. The van der Waals surface area contributed by atoms with E-state index in [0.717, 1.165) is 19.3 Å².